The topological polar surface area (TPSA) is 121 Å². The molecule has 0 saturated carbocycles. The lowest BCUT2D eigenvalue weighted by molar-refractivity contribution is -0.122. The Morgan fingerprint density at radius 2 is 1.83 bits per heavy atom. The third-order valence-electron chi connectivity index (χ3n) is 7.50. The van der Waals surface area contributed by atoms with Crippen LogP contribution >= 0.6 is 11.3 Å². The van der Waals surface area contributed by atoms with Crippen LogP contribution in [-0.2, 0) is 29.2 Å². The third-order valence-corrected chi connectivity index (χ3v) is 8.40. The summed E-state index contributed by atoms with van der Waals surface area (Å²) in [5.41, 5.74) is 1.99. The Morgan fingerprint density at radius 3 is 2.68 bits per heavy atom. The van der Waals surface area contributed by atoms with Crippen LogP contribution in [0.2, 0.25) is 0 Å². The molecule has 0 saturated heterocycles. The van der Waals surface area contributed by atoms with E-state index in [9.17, 15) is 19.2 Å². The van der Waals surface area contributed by atoms with Gasteiger partial charge in [0.1, 0.15) is 11.2 Å². The summed E-state index contributed by atoms with van der Waals surface area (Å²) in [6, 6.07) is 7.30. The molecule has 1 aliphatic carbocycles. The number of hydrogen-bond donors (Lipinski definition) is 2. The van der Waals surface area contributed by atoms with Crippen molar-refractivity contribution in [3.8, 4) is 11.5 Å². The number of nitrogens with zero attached hydrogens (tertiary/aromatic N) is 2. The normalized spacial score (nSPS) is 14.2. The highest BCUT2D eigenvalue weighted by Crippen LogP contribution is 2.32. The van der Waals surface area contributed by atoms with Crippen LogP contribution in [0.4, 0.5) is 0 Å². The average Bonchev–Trinajstić information content (AvgIpc) is 3.66. The second-order valence-corrected chi connectivity index (χ2v) is 11.4. The van der Waals surface area contributed by atoms with Crippen LogP contribution in [0.1, 0.15) is 63.4 Å². The number of thiophene rings is 1. The fourth-order valence-electron chi connectivity index (χ4n) is 5.25. The van der Waals surface area contributed by atoms with Gasteiger partial charge in [0.15, 0.2) is 11.5 Å². The van der Waals surface area contributed by atoms with Crippen molar-refractivity contribution in [2.75, 3.05) is 13.3 Å². The van der Waals surface area contributed by atoms with Gasteiger partial charge in [-0.05, 0) is 74.1 Å². The van der Waals surface area contributed by atoms with Crippen molar-refractivity contribution >= 4 is 33.4 Å². The first-order valence-electron chi connectivity index (χ1n) is 14.3. The molecule has 2 N–H and O–H groups in total. The molecule has 0 unspecified atom stereocenters. The van der Waals surface area contributed by atoms with Gasteiger partial charge in [0.25, 0.3) is 5.56 Å². The molecule has 1 aromatic carbocycles. The number of ether oxygens (including phenoxy) is 2. The Morgan fingerprint density at radius 1 is 0.951 bits per heavy atom. The zero-order valence-corrected chi connectivity index (χ0v) is 23.9. The number of carbonyl (C=O) groups is 2. The molecule has 11 heteroatoms. The van der Waals surface area contributed by atoms with Gasteiger partial charge in [-0.3, -0.25) is 23.5 Å². The SMILES string of the molecule is O=C(CCCCCn1c(=O)c2sccc2n(CC(=O)NCCC2=CCCCC2)c1=O)NCc1ccc2c(c1)OCO2. The van der Waals surface area contributed by atoms with E-state index >= 15 is 0 Å². The summed E-state index contributed by atoms with van der Waals surface area (Å²) in [7, 11) is 0. The number of allylic oxidation sites excluding steroid dienone is 1. The summed E-state index contributed by atoms with van der Waals surface area (Å²) in [6.07, 6.45) is 9.94. The van der Waals surface area contributed by atoms with Crippen molar-refractivity contribution in [3.63, 3.8) is 0 Å². The molecule has 2 aliphatic rings. The highest BCUT2D eigenvalue weighted by Gasteiger charge is 2.17. The first-order chi connectivity index (χ1) is 20.0. The summed E-state index contributed by atoms with van der Waals surface area (Å²) in [5, 5.41) is 7.60. The molecule has 2 amide bonds. The van der Waals surface area contributed by atoms with Gasteiger partial charge < -0.3 is 20.1 Å². The van der Waals surface area contributed by atoms with Crippen LogP contribution in [0, 0.1) is 0 Å². The van der Waals surface area contributed by atoms with E-state index in [1.54, 1.807) is 11.4 Å². The summed E-state index contributed by atoms with van der Waals surface area (Å²) in [4.78, 5) is 51.3. The van der Waals surface area contributed by atoms with Gasteiger partial charge in [0.2, 0.25) is 18.6 Å². The van der Waals surface area contributed by atoms with Crippen molar-refractivity contribution in [1.82, 2.24) is 19.8 Å². The molecule has 0 atom stereocenters. The van der Waals surface area contributed by atoms with E-state index in [1.807, 2.05) is 18.2 Å². The number of benzene rings is 1. The largest absolute Gasteiger partial charge is 0.454 e. The molecule has 0 radical (unpaired) electrons. The smallest absolute Gasteiger partial charge is 0.332 e. The first kappa shape index (κ1) is 28.7. The van der Waals surface area contributed by atoms with E-state index in [4.69, 9.17) is 9.47 Å². The van der Waals surface area contributed by atoms with Gasteiger partial charge in [-0.2, -0.15) is 0 Å². The number of hydrogen-bond acceptors (Lipinski definition) is 7. The number of unbranched alkanes of at least 4 members (excludes halogenated alkanes) is 2. The Bertz CT molecular complexity index is 1550. The molecular weight excluding hydrogens is 544 g/mol. The molecular formula is C30H36N4O6S. The van der Waals surface area contributed by atoms with Gasteiger partial charge in [0, 0.05) is 26.1 Å². The molecule has 218 valence electrons. The van der Waals surface area contributed by atoms with Crippen LogP contribution in [0.5, 0.6) is 11.5 Å². The molecule has 0 spiro atoms. The monoisotopic (exact) mass is 580 g/mol. The molecule has 3 heterocycles. The molecule has 5 rings (SSSR count). The molecule has 41 heavy (non-hydrogen) atoms. The summed E-state index contributed by atoms with van der Waals surface area (Å²) < 4.78 is 13.8. The van der Waals surface area contributed by atoms with E-state index < -0.39 is 5.69 Å². The Kier molecular flexibility index (Phi) is 9.55. The van der Waals surface area contributed by atoms with Crippen molar-refractivity contribution in [2.24, 2.45) is 0 Å². The van der Waals surface area contributed by atoms with Crippen LogP contribution in [0.25, 0.3) is 10.2 Å². The van der Waals surface area contributed by atoms with Crippen LogP contribution in [-0.4, -0.2) is 34.3 Å². The Balaban J connectivity index is 1.10. The van der Waals surface area contributed by atoms with E-state index in [0.29, 0.717) is 60.5 Å². The van der Waals surface area contributed by atoms with Gasteiger partial charge in [-0.25, -0.2) is 4.79 Å². The fraction of sp³-hybridized carbons (Fsp3) is 0.467. The fourth-order valence-corrected chi connectivity index (χ4v) is 6.09. The van der Waals surface area contributed by atoms with Crippen LogP contribution < -0.4 is 31.4 Å². The summed E-state index contributed by atoms with van der Waals surface area (Å²) in [6.45, 7) is 1.25. The number of rotatable bonds is 13. The van der Waals surface area contributed by atoms with Crippen molar-refractivity contribution in [2.45, 2.75) is 77.4 Å². The van der Waals surface area contributed by atoms with E-state index in [1.165, 1.54) is 38.9 Å². The first-order valence-corrected chi connectivity index (χ1v) is 15.2. The third kappa shape index (κ3) is 7.27. The molecule has 2 aromatic heterocycles. The Hall–Kier alpha value is -3.86. The summed E-state index contributed by atoms with van der Waals surface area (Å²) >= 11 is 1.27. The van der Waals surface area contributed by atoms with E-state index in [-0.39, 0.29) is 37.3 Å². The standard InChI is InChI=1S/C30H36N4O6S/c35-26(32-18-22-10-11-24-25(17-22)40-20-39-24)9-5-2-6-15-33-29(37)28-23(13-16-41-28)34(30(33)38)19-27(36)31-14-12-21-7-3-1-4-8-21/h7,10-11,13,16-17H,1-6,8-9,12,14-15,18-20H2,(H,31,36)(H,32,35). The van der Waals surface area contributed by atoms with E-state index in [0.717, 1.165) is 24.8 Å². The lowest BCUT2D eigenvalue weighted by atomic mass is 9.97. The quantitative estimate of drug-likeness (QED) is 0.234. The molecule has 3 aromatic rings. The highest BCUT2D eigenvalue weighted by molar-refractivity contribution is 7.17. The van der Waals surface area contributed by atoms with Crippen molar-refractivity contribution in [1.29, 1.82) is 0 Å². The summed E-state index contributed by atoms with van der Waals surface area (Å²) in [5.74, 6) is 1.08. The molecule has 1 aliphatic heterocycles. The van der Waals surface area contributed by atoms with E-state index in [2.05, 4.69) is 16.7 Å². The van der Waals surface area contributed by atoms with Crippen molar-refractivity contribution < 1.29 is 19.1 Å². The maximum absolute atomic E-state index is 13.3. The lowest BCUT2D eigenvalue weighted by Gasteiger charge is -2.14. The predicted molar refractivity (Wildman–Crippen MR) is 157 cm³/mol. The minimum Gasteiger partial charge on any atom is -0.454 e. The maximum atomic E-state index is 13.3. The molecule has 0 fully saturated rings. The van der Waals surface area contributed by atoms with Crippen LogP contribution in [0.3, 0.4) is 0 Å². The Labute approximate surface area is 242 Å². The van der Waals surface area contributed by atoms with Gasteiger partial charge in [-0.1, -0.05) is 24.1 Å². The number of amides is 2. The zero-order chi connectivity index (χ0) is 28.6. The number of nitrogens with one attached hydrogen (secondary N) is 2. The van der Waals surface area contributed by atoms with Crippen LogP contribution in [0.15, 0.2) is 50.9 Å². The molecule has 0 bridgehead atoms. The highest BCUT2D eigenvalue weighted by atomic mass is 32.1. The maximum Gasteiger partial charge on any atom is 0.332 e. The van der Waals surface area contributed by atoms with Crippen molar-refractivity contribution in [3.05, 3.63) is 67.7 Å². The predicted octanol–water partition coefficient (Wildman–Crippen LogP) is 3.84. The zero-order valence-electron chi connectivity index (χ0n) is 23.1. The second kappa shape index (κ2) is 13.7. The second-order valence-electron chi connectivity index (χ2n) is 10.4. The van der Waals surface area contributed by atoms with Gasteiger partial charge in [0.05, 0.1) is 5.52 Å². The van der Waals surface area contributed by atoms with Gasteiger partial charge in [-0.15, -0.1) is 11.3 Å². The minimum absolute atomic E-state index is 0.0621. The number of carbonyl (C=O) groups excluding carboxylic acids is 2. The number of aromatic nitrogens is 2. The molecule has 10 nitrogen and oxygen atoms in total. The van der Waals surface area contributed by atoms with Gasteiger partial charge >= 0.3 is 5.69 Å². The average molecular weight is 581 g/mol. The minimum atomic E-state index is -0.479. The lowest BCUT2D eigenvalue weighted by Crippen LogP contribution is -2.42. The number of fused-ring (bicyclic) bond motifs is 2.